The summed E-state index contributed by atoms with van der Waals surface area (Å²) in [5.74, 6) is -0.524. The average Bonchev–Trinajstić information content (AvgIpc) is 2.99. The Morgan fingerprint density at radius 2 is 2.05 bits per heavy atom. The lowest BCUT2D eigenvalue weighted by molar-refractivity contribution is -0.131. The van der Waals surface area contributed by atoms with Crippen LogP contribution in [0.25, 0.3) is 6.08 Å². The standard InChI is InChI=1S/C17H21NO3/c1-12(14-6-2-3-7-14)18-17(21)15-8-4-5-13(11-15)9-10-16(19)20/h4-5,8-12,14H,2-3,6-7H2,1H3,(H,18,21)(H,19,20). The summed E-state index contributed by atoms with van der Waals surface area (Å²) < 4.78 is 0. The van der Waals surface area contributed by atoms with E-state index in [4.69, 9.17) is 5.11 Å². The summed E-state index contributed by atoms with van der Waals surface area (Å²) in [5, 5.41) is 11.7. The molecule has 0 heterocycles. The molecule has 0 radical (unpaired) electrons. The first-order chi connectivity index (χ1) is 10.1. The smallest absolute Gasteiger partial charge is 0.328 e. The molecule has 0 spiro atoms. The van der Waals surface area contributed by atoms with E-state index in [0.717, 1.165) is 6.08 Å². The first-order valence-electron chi connectivity index (χ1n) is 7.38. The van der Waals surface area contributed by atoms with Crippen molar-refractivity contribution in [2.45, 2.75) is 38.6 Å². The Balaban J connectivity index is 2.01. The molecular weight excluding hydrogens is 266 g/mol. The van der Waals surface area contributed by atoms with Crippen molar-refractivity contribution in [2.24, 2.45) is 5.92 Å². The predicted octanol–water partition coefficient (Wildman–Crippen LogP) is 3.09. The van der Waals surface area contributed by atoms with E-state index in [0.29, 0.717) is 17.0 Å². The van der Waals surface area contributed by atoms with Crippen LogP contribution < -0.4 is 5.32 Å². The van der Waals surface area contributed by atoms with Crippen LogP contribution in [-0.2, 0) is 4.79 Å². The molecule has 1 amide bonds. The highest BCUT2D eigenvalue weighted by molar-refractivity contribution is 5.95. The van der Waals surface area contributed by atoms with Crippen LogP contribution in [0.2, 0.25) is 0 Å². The third-order valence-electron chi connectivity index (χ3n) is 4.03. The zero-order valence-electron chi connectivity index (χ0n) is 12.2. The molecule has 2 N–H and O–H groups in total. The highest BCUT2D eigenvalue weighted by Gasteiger charge is 2.23. The monoisotopic (exact) mass is 287 g/mol. The number of amides is 1. The van der Waals surface area contributed by atoms with Crippen LogP contribution in [0, 0.1) is 5.92 Å². The maximum atomic E-state index is 12.3. The number of rotatable bonds is 5. The van der Waals surface area contributed by atoms with Crippen LogP contribution in [-0.4, -0.2) is 23.0 Å². The van der Waals surface area contributed by atoms with E-state index in [2.05, 4.69) is 12.2 Å². The molecule has 1 aliphatic carbocycles. The quantitative estimate of drug-likeness (QED) is 0.818. The van der Waals surface area contributed by atoms with Gasteiger partial charge in [-0.1, -0.05) is 25.0 Å². The van der Waals surface area contributed by atoms with E-state index in [9.17, 15) is 9.59 Å². The average molecular weight is 287 g/mol. The number of hydrogen-bond donors (Lipinski definition) is 2. The van der Waals surface area contributed by atoms with Crippen LogP contribution in [0.3, 0.4) is 0 Å². The normalized spacial score (nSPS) is 17.0. The Hall–Kier alpha value is -2.10. The third-order valence-corrected chi connectivity index (χ3v) is 4.03. The van der Waals surface area contributed by atoms with E-state index in [1.54, 1.807) is 24.3 Å². The summed E-state index contributed by atoms with van der Waals surface area (Å²) in [7, 11) is 0. The molecule has 0 aliphatic heterocycles. The van der Waals surface area contributed by atoms with Gasteiger partial charge in [-0.3, -0.25) is 4.79 Å². The maximum absolute atomic E-state index is 12.3. The molecule has 1 atom stereocenters. The van der Waals surface area contributed by atoms with Gasteiger partial charge in [0.1, 0.15) is 0 Å². The van der Waals surface area contributed by atoms with Crippen LogP contribution in [0.4, 0.5) is 0 Å². The number of carbonyl (C=O) groups is 2. The first-order valence-corrected chi connectivity index (χ1v) is 7.38. The molecule has 2 rings (SSSR count). The van der Waals surface area contributed by atoms with Gasteiger partial charge in [-0.2, -0.15) is 0 Å². The molecule has 1 aromatic carbocycles. The first kappa shape index (κ1) is 15.3. The van der Waals surface area contributed by atoms with Crippen molar-refractivity contribution >= 4 is 18.0 Å². The number of benzene rings is 1. The van der Waals surface area contributed by atoms with Crippen molar-refractivity contribution in [2.75, 3.05) is 0 Å². The second-order valence-corrected chi connectivity index (χ2v) is 5.60. The number of carboxylic acid groups (broad SMARTS) is 1. The minimum absolute atomic E-state index is 0.0972. The summed E-state index contributed by atoms with van der Waals surface area (Å²) in [6.45, 7) is 2.06. The Labute approximate surface area is 124 Å². The Morgan fingerprint density at radius 1 is 1.33 bits per heavy atom. The fourth-order valence-electron chi connectivity index (χ4n) is 2.82. The van der Waals surface area contributed by atoms with Gasteiger partial charge in [-0.15, -0.1) is 0 Å². The number of hydrogen-bond acceptors (Lipinski definition) is 2. The van der Waals surface area contributed by atoms with Crippen LogP contribution in [0.1, 0.15) is 48.5 Å². The minimum atomic E-state index is -1.00. The van der Waals surface area contributed by atoms with Gasteiger partial charge in [0.2, 0.25) is 0 Å². The Bertz CT molecular complexity index is 545. The molecule has 1 saturated carbocycles. The summed E-state index contributed by atoms with van der Waals surface area (Å²) in [5.41, 5.74) is 1.27. The van der Waals surface area contributed by atoms with E-state index in [1.807, 2.05) is 0 Å². The van der Waals surface area contributed by atoms with Crippen molar-refractivity contribution in [1.82, 2.24) is 5.32 Å². The van der Waals surface area contributed by atoms with Crippen molar-refractivity contribution in [1.29, 1.82) is 0 Å². The summed E-state index contributed by atoms with van der Waals surface area (Å²) in [6.07, 6.45) is 7.42. The largest absolute Gasteiger partial charge is 0.478 e. The molecule has 4 heteroatoms. The predicted molar refractivity (Wildman–Crippen MR) is 82.0 cm³/mol. The van der Waals surface area contributed by atoms with Gasteiger partial charge in [0.05, 0.1) is 0 Å². The van der Waals surface area contributed by atoms with Gasteiger partial charge in [0, 0.05) is 17.7 Å². The molecule has 0 aromatic heterocycles. The molecular formula is C17H21NO3. The van der Waals surface area contributed by atoms with Gasteiger partial charge in [-0.25, -0.2) is 4.79 Å². The fraction of sp³-hybridized carbons (Fsp3) is 0.412. The third kappa shape index (κ3) is 4.45. The van der Waals surface area contributed by atoms with Crippen LogP contribution in [0.5, 0.6) is 0 Å². The van der Waals surface area contributed by atoms with Gasteiger partial charge in [0.25, 0.3) is 5.91 Å². The van der Waals surface area contributed by atoms with Crippen LogP contribution in [0.15, 0.2) is 30.3 Å². The number of aliphatic carboxylic acids is 1. The van der Waals surface area contributed by atoms with Crippen molar-refractivity contribution in [3.63, 3.8) is 0 Å². The zero-order chi connectivity index (χ0) is 15.2. The highest BCUT2D eigenvalue weighted by Crippen LogP contribution is 2.27. The van der Waals surface area contributed by atoms with Crippen molar-refractivity contribution < 1.29 is 14.7 Å². The van der Waals surface area contributed by atoms with Crippen LogP contribution >= 0.6 is 0 Å². The Morgan fingerprint density at radius 3 is 2.71 bits per heavy atom. The lowest BCUT2D eigenvalue weighted by Gasteiger charge is -2.20. The van der Waals surface area contributed by atoms with E-state index >= 15 is 0 Å². The van der Waals surface area contributed by atoms with Crippen molar-refractivity contribution in [3.8, 4) is 0 Å². The lowest BCUT2D eigenvalue weighted by atomic mass is 9.99. The topological polar surface area (TPSA) is 66.4 Å². The molecule has 4 nitrogen and oxygen atoms in total. The Kier molecular flexibility index (Phi) is 5.14. The van der Waals surface area contributed by atoms with Gasteiger partial charge in [0.15, 0.2) is 0 Å². The minimum Gasteiger partial charge on any atom is -0.478 e. The number of nitrogens with one attached hydrogen (secondary N) is 1. The molecule has 1 unspecified atom stereocenters. The maximum Gasteiger partial charge on any atom is 0.328 e. The molecule has 0 saturated heterocycles. The fourth-order valence-corrected chi connectivity index (χ4v) is 2.82. The molecule has 1 aromatic rings. The molecule has 112 valence electrons. The second kappa shape index (κ2) is 7.07. The van der Waals surface area contributed by atoms with E-state index < -0.39 is 5.97 Å². The van der Waals surface area contributed by atoms with E-state index in [1.165, 1.54) is 31.8 Å². The van der Waals surface area contributed by atoms with Gasteiger partial charge < -0.3 is 10.4 Å². The number of carbonyl (C=O) groups excluding carboxylic acids is 1. The summed E-state index contributed by atoms with van der Waals surface area (Å²) >= 11 is 0. The molecule has 1 fully saturated rings. The van der Waals surface area contributed by atoms with Gasteiger partial charge >= 0.3 is 5.97 Å². The zero-order valence-corrected chi connectivity index (χ0v) is 12.2. The molecule has 1 aliphatic rings. The number of carboxylic acids is 1. The second-order valence-electron chi connectivity index (χ2n) is 5.60. The van der Waals surface area contributed by atoms with E-state index in [-0.39, 0.29) is 11.9 Å². The molecule has 0 bridgehead atoms. The van der Waals surface area contributed by atoms with Gasteiger partial charge in [-0.05, 0) is 49.5 Å². The lowest BCUT2D eigenvalue weighted by Crippen LogP contribution is -2.37. The van der Waals surface area contributed by atoms with Crippen molar-refractivity contribution in [3.05, 3.63) is 41.5 Å². The SMILES string of the molecule is CC(NC(=O)c1cccc(C=CC(=O)O)c1)C1CCCC1. The summed E-state index contributed by atoms with van der Waals surface area (Å²) in [6, 6.07) is 7.16. The molecule has 21 heavy (non-hydrogen) atoms. The highest BCUT2D eigenvalue weighted by atomic mass is 16.4. The summed E-state index contributed by atoms with van der Waals surface area (Å²) in [4.78, 5) is 22.8.